The Morgan fingerprint density at radius 3 is 2.36 bits per heavy atom. The van der Waals surface area contributed by atoms with Gasteiger partial charge in [0.05, 0.1) is 36.7 Å². The fraction of sp³-hybridized carbons (Fsp3) is 0.258. The van der Waals surface area contributed by atoms with Crippen LogP contribution in [-0.4, -0.2) is 36.2 Å². The number of pyridine rings is 1. The monoisotopic (exact) mass is 595 g/mol. The Balaban J connectivity index is 1.55. The highest BCUT2D eigenvalue weighted by Crippen LogP contribution is 2.42. The van der Waals surface area contributed by atoms with Gasteiger partial charge in [-0.15, -0.1) is 11.8 Å². The van der Waals surface area contributed by atoms with Gasteiger partial charge in [-0.1, -0.05) is 30.3 Å². The Bertz CT molecular complexity index is 1660. The molecule has 1 aliphatic rings. The van der Waals surface area contributed by atoms with E-state index in [1.165, 1.54) is 43.3 Å². The Labute approximate surface area is 245 Å². The first-order valence-corrected chi connectivity index (χ1v) is 14.1. The quantitative estimate of drug-likeness (QED) is 0.219. The number of carbonyl (C=O) groups is 2. The second-order valence-electron chi connectivity index (χ2n) is 10.7. The van der Waals surface area contributed by atoms with Gasteiger partial charge in [0.25, 0.3) is 0 Å². The van der Waals surface area contributed by atoms with Crippen molar-refractivity contribution >= 4 is 46.0 Å². The molecule has 0 spiro atoms. The normalized spacial score (nSPS) is 13.4. The molecule has 2 amide bonds. The lowest BCUT2D eigenvalue weighted by Gasteiger charge is -2.37. The van der Waals surface area contributed by atoms with Gasteiger partial charge in [0.15, 0.2) is 11.6 Å². The largest absolute Gasteiger partial charge is 0.494 e. The van der Waals surface area contributed by atoms with E-state index in [1.54, 1.807) is 20.8 Å². The molecule has 0 atom stereocenters. The number of benzene rings is 3. The molecule has 42 heavy (non-hydrogen) atoms. The van der Waals surface area contributed by atoms with E-state index in [4.69, 9.17) is 9.47 Å². The first-order valence-electron chi connectivity index (χ1n) is 13.1. The molecule has 0 fully saturated rings. The Morgan fingerprint density at radius 2 is 1.71 bits per heavy atom. The lowest BCUT2D eigenvalue weighted by molar-refractivity contribution is -0.117. The lowest BCUT2D eigenvalue weighted by atomic mass is 10.1. The summed E-state index contributed by atoms with van der Waals surface area (Å²) in [7, 11) is 1.30. The van der Waals surface area contributed by atoms with E-state index >= 15 is 8.78 Å². The standard InChI is InChI=1S/C31H28F3N3O4S/c1-31(2,3)41-30(39)36-16-28(38)37(29-20-12-24(34)27(40-4)13-25(20)35-14-26(29)36)15-21-22(32)10-19(11-23(21)33)42-17-18-8-6-5-7-9-18/h5-14H,15-17H2,1-4H3. The fourth-order valence-electron chi connectivity index (χ4n) is 4.60. The van der Waals surface area contributed by atoms with Crippen LogP contribution in [0.2, 0.25) is 0 Å². The number of rotatable bonds is 6. The Kier molecular flexibility index (Phi) is 8.05. The first-order chi connectivity index (χ1) is 19.9. The van der Waals surface area contributed by atoms with Gasteiger partial charge in [-0.3, -0.25) is 14.7 Å². The summed E-state index contributed by atoms with van der Waals surface area (Å²) in [6, 6.07) is 14.4. The van der Waals surface area contributed by atoms with Gasteiger partial charge in [0.1, 0.15) is 23.8 Å². The second-order valence-corrected chi connectivity index (χ2v) is 11.7. The van der Waals surface area contributed by atoms with Gasteiger partial charge < -0.3 is 14.4 Å². The van der Waals surface area contributed by atoms with Crippen LogP contribution in [0.5, 0.6) is 5.75 Å². The number of amides is 2. The van der Waals surface area contributed by atoms with Gasteiger partial charge in [0.2, 0.25) is 5.91 Å². The highest BCUT2D eigenvalue weighted by molar-refractivity contribution is 7.98. The minimum absolute atomic E-state index is 0.0741. The van der Waals surface area contributed by atoms with Crippen molar-refractivity contribution in [3.05, 3.63) is 89.4 Å². The molecule has 3 aromatic carbocycles. The number of hydrogen-bond acceptors (Lipinski definition) is 6. The molecule has 7 nitrogen and oxygen atoms in total. The van der Waals surface area contributed by atoms with E-state index in [9.17, 15) is 14.0 Å². The summed E-state index contributed by atoms with van der Waals surface area (Å²) in [4.78, 5) is 33.6. The van der Waals surface area contributed by atoms with E-state index in [0.29, 0.717) is 10.6 Å². The molecule has 0 unspecified atom stereocenters. The highest BCUT2D eigenvalue weighted by atomic mass is 32.2. The molecule has 0 aliphatic carbocycles. The highest BCUT2D eigenvalue weighted by Gasteiger charge is 2.37. The van der Waals surface area contributed by atoms with Crippen LogP contribution in [0.15, 0.2) is 65.7 Å². The summed E-state index contributed by atoms with van der Waals surface area (Å²) in [5.41, 5.74) is 0.254. The van der Waals surface area contributed by atoms with Crippen LogP contribution in [0.4, 0.5) is 29.3 Å². The van der Waals surface area contributed by atoms with Gasteiger partial charge >= 0.3 is 6.09 Å². The number of anilines is 2. The molecular formula is C31H28F3N3O4S. The number of nitrogens with zero attached hydrogens (tertiary/aromatic N) is 3. The molecule has 1 aliphatic heterocycles. The zero-order valence-corrected chi connectivity index (χ0v) is 24.2. The number of aromatic nitrogens is 1. The predicted octanol–water partition coefficient (Wildman–Crippen LogP) is 7.24. The third kappa shape index (κ3) is 6.01. The molecule has 0 radical (unpaired) electrons. The average molecular weight is 596 g/mol. The molecule has 0 bridgehead atoms. The molecular weight excluding hydrogens is 567 g/mol. The fourth-order valence-corrected chi connectivity index (χ4v) is 5.50. The summed E-state index contributed by atoms with van der Waals surface area (Å²) in [6.07, 6.45) is 0.526. The lowest BCUT2D eigenvalue weighted by Crippen LogP contribution is -2.49. The van der Waals surface area contributed by atoms with Crippen molar-refractivity contribution < 1.29 is 32.2 Å². The topological polar surface area (TPSA) is 72.0 Å². The van der Waals surface area contributed by atoms with E-state index < -0.39 is 48.1 Å². The zero-order chi connectivity index (χ0) is 30.2. The third-order valence-corrected chi connectivity index (χ3v) is 7.59. The van der Waals surface area contributed by atoms with Gasteiger partial charge in [0, 0.05) is 27.7 Å². The van der Waals surface area contributed by atoms with Gasteiger partial charge in [-0.25, -0.2) is 18.0 Å². The van der Waals surface area contributed by atoms with Crippen LogP contribution >= 0.6 is 11.8 Å². The number of methoxy groups -OCH3 is 1. The maximum absolute atomic E-state index is 15.4. The number of hydrogen-bond donors (Lipinski definition) is 0. The summed E-state index contributed by atoms with van der Waals surface area (Å²) in [5, 5.41) is 0.156. The average Bonchev–Trinajstić information content (AvgIpc) is 2.93. The van der Waals surface area contributed by atoms with Crippen molar-refractivity contribution in [3.8, 4) is 5.75 Å². The first kappa shape index (κ1) is 29.2. The molecule has 11 heteroatoms. The van der Waals surface area contributed by atoms with E-state index in [1.807, 2.05) is 30.3 Å². The smallest absolute Gasteiger partial charge is 0.415 e. The zero-order valence-electron chi connectivity index (χ0n) is 23.4. The van der Waals surface area contributed by atoms with Crippen molar-refractivity contribution in [2.24, 2.45) is 0 Å². The molecule has 5 rings (SSSR count). The molecule has 1 aromatic heterocycles. The van der Waals surface area contributed by atoms with E-state index in [-0.39, 0.29) is 33.6 Å². The summed E-state index contributed by atoms with van der Waals surface area (Å²) in [6.45, 7) is 4.07. The molecule has 0 saturated carbocycles. The summed E-state index contributed by atoms with van der Waals surface area (Å²) < 4.78 is 56.2. The SMILES string of the molecule is COc1cc2ncc3c(c2cc1F)N(Cc1c(F)cc(SCc2ccccc2)cc1F)C(=O)CN3C(=O)OC(C)(C)C. The number of carbonyl (C=O) groups excluding carboxylic acids is 2. The molecule has 4 aromatic rings. The van der Waals surface area contributed by atoms with Crippen LogP contribution in [0.25, 0.3) is 10.9 Å². The predicted molar refractivity (Wildman–Crippen MR) is 155 cm³/mol. The molecule has 2 heterocycles. The van der Waals surface area contributed by atoms with Crippen molar-refractivity contribution in [2.75, 3.05) is 23.5 Å². The number of fused-ring (bicyclic) bond motifs is 3. The molecule has 0 saturated heterocycles. The van der Waals surface area contributed by atoms with Crippen molar-refractivity contribution in [1.29, 1.82) is 0 Å². The Morgan fingerprint density at radius 1 is 1.02 bits per heavy atom. The van der Waals surface area contributed by atoms with E-state index in [0.717, 1.165) is 21.4 Å². The van der Waals surface area contributed by atoms with Crippen molar-refractivity contribution in [3.63, 3.8) is 0 Å². The van der Waals surface area contributed by atoms with Crippen LogP contribution < -0.4 is 14.5 Å². The molecule has 0 N–H and O–H groups in total. The van der Waals surface area contributed by atoms with Gasteiger partial charge in [-0.05, 0) is 44.5 Å². The minimum atomic E-state index is -0.867. The van der Waals surface area contributed by atoms with Crippen molar-refractivity contribution in [1.82, 2.24) is 4.98 Å². The number of halogens is 3. The summed E-state index contributed by atoms with van der Waals surface area (Å²) >= 11 is 1.28. The van der Waals surface area contributed by atoms with Crippen LogP contribution in [0.3, 0.4) is 0 Å². The maximum atomic E-state index is 15.4. The Hall–Kier alpha value is -4.25. The summed E-state index contributed by atoms with van der Waals surface area (Å²) in [5.74, 6) is -2.60. The number of thioether (sulfide) groups is 1. The van der Waals surface area contributed by atoms with Crippen molar-refractivity contribution in [2.45, 2.75) is 43.6 Å². The molecule has 218 valence electrons. The van der Waals surface area contributed by atoms with Crippen LogP contribution in [0.1, 0.15) is 31.9 Å². The minimum Gasteiger partial charge on any atom is -0.494 e. The van der Waals surface area contributed by atoms with Crippen LogP contribution in [-0.2, 0) is 21.8 Å². The number of ether oxygens (including phenoxy) is 2. The van der Waals surface area contributed by atoms with E-state index in [2.05, 4.69) is 4.98 Å². The third-order valence-electron chi connectivity index (χ3n) is 6.54. The maximum Gasteiger partial charge on any atom is 0.415 e. The second kappa shape index (κ2) is 11.6. The van der Waals surface area contributed by atoms with Gasteiger partial charge in [-0.2, -0.15) is 0 Å². The van der Waals surface area contributed by atoms with Crippen LogP contribution in [0, 0.1) is 17.5 Å².